The Morgan fingerprint density at radius 2 is 2.08 bits per heavy atom. The summed E-state index contributed by atoms with van der Waals surface area (Å²) in [6, 6.07) is 7.94. The second-order valence-electron chi connectivity index (χ2n) is 7.86. The molecule has 5 heteroatoms. The summed E-state index contributed by atoms with van der Waals surface area (Å²) in [5, 5.41) is 9.57. The molecule has 1 aromatic rings. The fourth-order valence-electron chi connectivity index (χ4n) is 4.37. The summed E-state index contributed by atoms with van der Waals surface area (Å²) in [5.74, 6) is 0.633. The van der Waals surface area contributed by atoms with E-state index in [0.717, 1.165) is 50.8 Å². The van der Waals surface area contributed by atoms with Crippen LogP contribution in [0.1, 0.15) is 54.4 Å². The number of hydrogen-bond donors (Lipinski definition) is 3. The van der Waals surface area contributed by atoms with Crippen molar-refractivity contribution in [1.82, 2.24) is 16.0 Å². The average molecular weight is 341 g/mol. The molecule has 1 heterocycles. The Bertz CT molecular complexity index is 671. The highest BCUT2D eigenvalue weighted by atomic mass is 16.2. The van der Waals surface area contributed by atoms with Crippen LogP contribution in [0.25, 0.3) is 0 Å². The lowest BCUT2D eigenvalue weighted by atomic mass is 9.67. The third-order valence-corrected chi connectivity index (χ3v) is 6.05. The lowest BCUT2D eigenvalue weighted by molar-refractivity contribution is -0.134. The standard InChI is InChI=1S/C20H27N3O2/c24-18(23-17-7-8-17)15-5-3-4-14(10-15)11-22-19(25)20-9-2-1-6-16(20)12-21-13-20/h3-5,10,16-17,21H,1-2,6-9,11-13H2,(H,22,25)(H,23,24)/t16-,20+/m0/s1. The molecule has 2 saturated carbocycles. The molecular weight excluding hydrogens is 314 g/mol. The van der Waals surface area contributed by atoms with Gasteiger partial charge in [0, 0.05) is 24.7 Å². The van der Waals surface area contributed by atoms with Crippen LogP contribution in [-0.4, -0.2) is 30.9 Å². The summed E-state index contributed by atoms with van der Waals surface area (Å²) in [4.78, 5) is 25.1. The third kappa shape index (κ3) is 3.43. The van der Waals surface area contributed by atoms with E-state index in [9.17, 15) is 9.59 Å². The van der Waals surface area contributed by atoms with E-state index in [1.54, 1.807) is 0 Å². The molecule has 25 heavy (non-hydrogen) atoms. The van der Waals surface area contributed by atoms with Gasteiger partial charge in [0.1, 0.15) is 0 Å². The number of benzene rings is 1. The van der Waals surface area contributed by atoms with Crippen molar-refractivity contribution in [1.29, 1.82) is 0 Å². The van der Waals surface area contributed by atoms with Gasteiger partial charge in [0.2, 0.25) is 5.91 Å². The number of rotatable bonds is 5. The quantitative estimate of drug-likeness (QED) is 0.767. The van der Waals surface area contributed by atoms with Gasteiger partial charge in [-0.05, 0) is 55.8 Å². The highest BCUT2D eigenvalue weighted by Crippen LogP contribution is 2.43. The second-order valence-corrected chi connectivity index (χ2v) is 7.86. The van der Waals surface area contributed by atoms with Gasteiger partial charge in [-0.25, -0.2) is 0 Å². The van der Waals surface area contributed by atoms with Crippen molar-refractivity contribution in [3.8, 4) is 0 Å². The van der Waals surface area contributed by atoms with Gasteiger partial charge < -0.3 is 16.0 Å². The van der Waals surface area contributed by atoms with Crippen molar-refractivity contribution < 1.29 is 9.59 Å². The van der Waals surface area contributed by atoms with Crippen LogP contribution in [0.15, 0.2) is 24.3 Å². The van der Waals surface area contributed by atoms with Crippen LogP contribution in [0.4, 0.5) is 0 Å². The molecule has 3 fully saturated rings. The largest absolute Gasteiger partial charge is 0.351 e. The maximum Gasteiger partial charge on any atom is 0.251 e. The van der Waals surface area contributed by atoms with E-state index in [-0.39, 0.29) is 17.2 Å². The zero-order chi connectivity index (χ0) is 17.3. The minimum absolute atomic E-state index is 0.0124. The first-order valence-corrected chi connectivity index (χ1v) is 9.56. The SMILES string of the molecule is O=C(NC1CC1)c1cccc(CNC(=O)[C@@]23CCCC[C@H]2CNC3)c1. The summed E-state index contributed by atoms with van der Waals surface area (Å²) < 4.78 is 0. The van der Waals surface area contributed by atoms with Crippen LogP contribution in [0.5, 0.6) is 0 Å². The number of carbonyl (C=O) groups excluding carboxylic acids is 2. The molecule has 5 nitrogen and oxygen atoms in total. The molecule has 2 aliphatic carbocycles. The molecule has 1 saturated heterocycles. The molecule has 4 rings (SSSR count). The first-order chi connectivity index (χ1) is 12.2. The third-order valence-electron chi connectivity index (χ3n) is 6.05. The van der Waals surface area contributed by atoms with Crippen LogP contribution >= 0.6 is 0 Å². The number of nitrogens with one attached hydrogen (secondary N) is 3. The lowest BCUT2D eigenvalue weighted by Crippen LogP contribution is -2.47. The fourth-order valence-corrected chi connectivity index (χ4v) is 4.37. The van der Waals surface area contributed by atoms with Gasteiger partial charge >= 0.3 is 0 Å². The van der Waals surface area contributed by atoms with Crippen LogP contribution in [0, 0.1) is 11.3 Å². The zero-order valence-corrected chi connectivity index (χ0v) is 14.6. The molecule has 3 N–H and O–H groups in total. The molecule has 2 atom stereocenters. The molecule has 0 aromatic heterocycles. The highest BCUT2D eigenvalue weighted by Gasteiger charge is 2.49. The summed E-state index contributed by atoms with van der Waals surface area (Å²) in [7, 11) is 0. The molecule has 0 bridgehead atoms. The van der Waals surface area contributed by atoms with Crippen molar-refractivity contribution in [3.05, 3.63) is 35.4 Å². The Balaban J connectivity index is 1.39. The minimum Gasteiger partial charge on any atom is -0.351 e. The topological polar surface area (TPSA) is 70.2 Å². The predicted octanol–water partition coefficient (Wildman–Crippen LogP) is 1.97. The summed E-state index contributed by atoms with van der Waals surface area (Å²) in [5.41, 5.74) is 1.43. The molecule has 0 spiro atoms. The van der Waals surface area contributed by atoms with E-state index < -0.39 is 0 Å². The minimum atomic E-state index is -0.223. The van der Waals surface area contributed by atoms with Gasteiger partial charge in [-0.15, -0.1) is 0 Å². The van der Waals surface area contributed by atoms with Gasteiger partial charge in [-0.1, -0.05) is 25.0 Å². The molecule has 2 amide bonds. The van der Waals surface area contributed by atoms with Crippen molar-refractivity contribution >= 4 is 11.8 Å². The van der Waals surface area contributed by atoms with E-state index in [0.29, 0.717) is 24.1 Å². The normalized spacial score (nSPS) is 28.2. The molecule has 0 radical (unpaired) electrons. The van der Waals surface area contributed by atoms with E-state index >= 15 is 0 Å². The number of amides is 2. The molecule has 1 aromatic carbocycles. The first kappa shape index (κ1) is 16.6. The Kier molecular flexibility index (Phi) is 4.50. The van der Waals surface area contributed by atoms with E-state index in [1.165, 1.54) is 6.42 Å². The molecule has 0 unspecified atom stereocenters. The van der Waals surface area contributed by atoms with Gasteiger partial charge in [-0.2, -0.15) is 0 Å². The predicted molar refractivity (Wildman–Crippen MR) is 96.0 cm³/mol. The van der Waals surface area contributed by atoms with Gasteiger partial charge in [0.15, 0.2) is 0 Å². The van der Waals surface area contributed by atoms with Gasteiger partial charge in [0.25, 0.3) is 5.91 Å². The van der Waals surface area contributed by atoms with Crippen LogP contribution in [0.3, 0.4) is 0 Å². The Hall–Kier alpha value is -1.88. The number of hydrogen-bond acceptors (Lipinski definition) is 3. The summed E-state index contributed by atoms with van der Waals surface area (Å²) in [6.07, 6.45) is 6.68. The maximum absolute atomic E-state index is 12.9. The van der Waals surface area contributed by atoms with Crippen molar-refractivity contribution in [2.24, 2.45) is 11.3 Å². The molecule has 3 aliphatic rings. The zero-order valence-electron chi connectivity index (χ0n) is 14.6. The van der Waals surface area contributed by atoms with E-state index in [1.807, 2.05) is 24.3 Å². The van der Waals surface area contributed by atoms with Gasteiger partial charge in [0.05, 0.1) is 5.41 Å². The van der Waals surface area contributed by atoms with Crippen LogP contribution in [0.2, 0.25) is 0 Å². The van der Waals surface area contributed by atoms with E-state index in [2.05, 4.69) is 16.0 Å². The second kappa shape index (κ2) is 6.79. The Labute approximate surface area is 148 Å². The van der Waals surface area contributed by atoms with Crippen molar-refractivity contribution in [2.75, 3.05) is 13.1 Å². The fraction of sp³-hybridized carbons (Fsp3) is 0.600. The molecule has 1 aliphatic heterocycles. The smallest absolute Gasteiger partial charge is 0.251 e. The Morgan fingerprint density at radius 1 is 1.20 bits per heavy atom. The maximum atomic E-state index is 12.9. The van der Waals surface area contributed by atoms with Crippen LogP contribution < -0.4 is 16.0 Å². The van der Waals surface area contributed by atoms with Crippen LogP contribution in [-0.2, 0) is 11.3 Å². The molecular formula is C20H27N3O2. The number of fused-ring (bicyclic) bond motifs is 1. The number of carbonyl (C=O) groups is 2. The van der Waals surface area contributed by atoms with Crippen molar-refractivity contribution in [2.45, 2.75) is 51.1 Å². The Morgan fingerprint density at radius 3 is 2.92 bits per heavy atom. The van der Waals surface area contributed by atoms with E-state index in [4.69, 9.17) is 0 Å². The monoisotopic (exact) mass is 341 g/mol. The molecule has 134 valence electrons. The average Bonchev–Trinajstić information content (AvgIpc) is 3.34. The van der Waals surface area contributed by atoms with Gasteiger partial charge in [-0.3, -0.25) is 9.59 Å². The highest BCUT2D eigenvalue weighted by molar-refractivity contribution is 5.94. The first-order valence-electron chi connectivity index (χ1n) is 9.56. The summed E-state index contributed by atoms with van der Waals surface area (Å²) >= 11 is 0. The lowest BCUT2D eigenvalue weighted by Gasteiger charge is -2.37. The van der Waals surface area contributed by atoms with Crippen molar-refractivity contribution in [3.63, 3.8) is 0 Å². The summed E-state index contributed by atoms with van der Waals surface area (Å²) in [6.45, 7) is 2.25.